The second-order valence-electron chi connectivity index (χ2n) is 6.40. The maximum Gasteiger partial charge on any atom is 0.250 e. The number of nitrogens with zero attached hydrogens (tertiary/aromatic N) is 2. The van der Waals surface area contributed by atoms with Gasteiger partial charge in [-0.3, -0.25) is 14.5 Å². The maximum absolute atomic E-state index is 12.8. The molecule has 0 saturated heterocycles. The lowest BCUT2D eigenvalue weighted by atomic mass is 9.94. The van der Waals surface area contributed by atoms with Crippen LogP contribution < -0.4 is 10.6 Å². The molecular weight excluding hydrogens is 326 g/mol. The Kier molecular flexibility index (Phi) is 8.39. The molecule has 1 saturated carbocycles. The second-order valence-corrected chi connectivity index (χ2v) is 6.40. The van der Waals surface area contributed by atoms with Crippen LogP contribution in [0.15, 0.2) is 30.3 Å². The van der Waals surface area contributed by atoms with Crippen LogP contribution in [0, 0.1) is 0 Å². The van der Waals surface area contributed by atoms with Crippen LogP contribution in [0.2, 0.25) is 0 Å². The van der Waals surface area contributed by atoms with E-state index in [4.69, 9.17) is 5.73 Å². The third kappa shape index (κ3) is 5.30. The standard InChI is InChI=1S/C18H27N3O2.ClH/c1-14(19)18(23)21(16-11-7-4-8-12-16)17(22)13-20(2)15-9-5-3-6-10-15;/h4,7-8,11-12,14-15H,3,5-6,9-10,13,19H2,1-2H3;1H/t14-;/m0./s1. The van der Waals surface area contributed by atoms with Gasteiger partial charge in [0.2, 0.25) is 11.8 Å². The Labute approximate surface area is 150 Å². The molecule has 0 bridgehead atoms. The largest absolute Gasteiger partial charge is 0.320 e. The molecule has 0 aromatic heterocycles. The van der Waals surface area contributed by atoms with E-state index >= 15 is 0 Å². The molecule has 0 radical (unpaired) electrons. The Balaban J connectivity index is 0.00000288. The number of benzene rings is 1. The van der Waals surface area contributed by atoms with E-state index < -0.39 is 6.04 Å². The molecule has 1 atom stereocenters. The summed E-state index contributed by atoms with van der Waals surface area (Å²) in [6, 6.07) is 8.73. The van der Waals surface area contributed by atoms with Crippen LogP contribution in [0.3, 0.4) is 0 Å². The van der Waals surface area contributed by atoms with Crippen molar-refractivity contribution >= 4 is 29.9 Å². The Morgan fingerprint density at radius 1 is 1.17 bits per heavy atom. The van der Waals surface area contributed by atoms with Crippen LogP contribution in [0.25, 0.3) is 0 Å². The van der Waals surface area contributed by atoms with Crippen LogP contribution in [-0.2, 0) is 9.59 Å². The lowest BCUT2D eigenvalue weighted by Crippen LogP contribution is -2.50. The second kappa shape index (κ2) is 9.77. The van der Waals surface area contributed by atoms with Crippen molar-refractivity contribution in [2.45, 2.75) is 51.1 Å². The van der Waals surface area contributed by atoms with E-state index in [1.807, 2.05) is 25.2 Å². The van der Waals surface area contributed by atoms with Gasteiger partial charge in [-0.25, -0.2) is 4.90 Å². The average molecular weight is 354 g/mol. The van der Waals surface area contributed by atoms with E-state index in [9.17, 15) is 9.59 Å². The van der Waals surface area contributed by atoms with E-state index in [1.165, 1.54) is 24.2 Å². The van der Waals surface area contributed by atoms with Crippen molar-refractivity contribution < 1.29 is 9.59 Å². The van der Waals surface area contributed by atoms with Gasteiger partial charge in [-0.2, -0.15) is 0 Å². The first-order chi connectivity index (χ1) is 11.0. The van der Waals surface area contributed by atoms with Gasteiger partial charge in [0.1, 0.15) is 0 Å². The molecule has 2 amide bonds. The van der Waals surface area contributed by atoms with E-state index in [-0.39, 0.29) is 30.8 Å². The zero-order chi connectivity index (χ0) is 16.8. The maximum atomic E-state index is 12.8. The Morgan fingerprint density at radius 2 is 1.75 bits per heavy atom. The molecule has 1 aromatic carbocycles. The molecule has 1 fully saturated rings. The molecule has 24 heavy (non-hydrogen) atoms. The highest BCUT2D eigenvalue weighted by atomic mass is 35.5. The van der Waals surface area contributed by atoms with Crippen molar-refractivity contribution in [1.82, 2.24) is 4.90 Å². The number of rotatable bonds is 5. The number of nitrogens with two attached hydrogens (primary N) is 1. The first-order valence-corrected chi connectivity index (χ1v) is 8.38. The summed E-state index contributed by atoms with van der Waals surface area (Å²) < 4.78 is 0. The summed E-state index contributed by atoms with van der Waals surface area (Å²) in [5.41, 5.74) is 6.31. The molecule has 0 aliphatic heterocycles. The third-order valence-electron chi connectivity index (χ3n) is 4.46. The minimum absolute atomic E-state index is 0. The molecule has 6 heteroatoms. The van der Waals surface area contributed by atoms with Crippen molar-refractivity contribution in [1.29, 1.82) is 0 Å². The summed E-state index contributed by atoms with van der Waals surface area (Å²) in [7, 11) is 1.97. The quantitative estimate of drug-likeness (QED) is 0.883. The van der Waals surface area contributed by atoms with Crippen molar-refractivity contribution in [3.63, 3.8) is 0 Å². The molecular formula is C18H28ClN3O2. The lowest BCUT2D eigenvalue weighted by Gasteiger charge is -2.32. The molecule has 2 N–H and O–H groups in total. The van der Waals surface area contributed by atoms with Gasteiger partial charge in [-0.15, -0.1) is 12.4 Å². The van der Waals surface area contributed by atoms with Crippen LogP contribution >= 0.6 is 12.4 Å². The number of halogens is 1. The highest BCUT2D eigenvalue weighted by molar-refractivity contribution is 6.17. The minimum Gasteiger partial charge on any atom is -0.320 e. The smallest absolute Gasteiger partial charge is 0.250 e. The number of carbonyl (C=O) groups excluding carboxylic acids is 2. The van der Waals surface area contributed by atoms with Crippen molar-refractivity contribution in [2.24, 2.45) is 5.73 Å². The number of para-hydroxylation sites is 1. The van der Waals surface area contributed by atoms with E-state index in [2.05, 4.69) is 4.90 Å². The van der Waals surface area contributed by atoms with Crippen molar-refractivity contribution in [3.8, 4) is 0 Å². The molecule has 0 spiro atoms. The van der Waals surface area contributed by atoms with Gasteiger partial charge in [0, 0.05) is 6.04 Å². The number of carbonyl (C=O) groups is 2. The normalized spacial score (nSPS) is 16.3. The summed E-state index contributed by atoms with van der Waals surface area (Å²) in [5.74, 6) is -0.579. The van der Waals surface area contributed by atoms with Gasteiger partial charge in [-0.1, -0.05) is 37.5 Å². The topological polar surface area (TPSA) is 66.6 Å². The van der Waals surface area contributed by atoms with E-state index in [0.29, 0.717) is 11.7 Å². The van der Waals surface area contributed by atoms with Crippen LogP contribution in [0.5, 0.6) is 0 Å². The van der Waals surface area contributed by atoms with Crippen molar-refractivity contribution in [2.75, 3.05) is 18.5 Å². The fourth-order valence-corrected chi connectivity index (χ4v) is 3.11. The summed E-state index contributed by atoms with van der Waals surface area (Å²) >= 11 is 0. The Hall–Kier alpha value is -1.43. The van der Waals surface area contributed by atoms with Gasteiger partial charge < -0.3 is 5.73 Å². The van der Waals surface area contributed by atoms with E-state index in [0.717, 1.165) is 12.8 Å². The Morgan fingerprint density at radius 3 is 2.29 bits per heavy atom. The number of hydrogen-bond donors (Lipinski definition) is 1. The summed E-state index contributed by atoms with van der Waals surface area (Å²) in [4.78, 5) is 28.5. The molecule has 1 aromatic rings. The number of likely N-dealkylation sites (N-methyl/N-ethyl adjacent to an activating group) is 1. The zero-order valence-corrected chi connectivity index (χ0v) is 15.3. The summed E-state index contributed by atoms with van der Waals surface area (Å²) in [6.45, 7) is 1.84. The van der Waals surface area contributed by atoms with Crippen LogP contribution in [-0.4, -0.2) is 42.4 Å². The Bertz CT molecular complexity index is 530. The van der Waals surface area contributed by atoms with Gasteiger partial charge in [-0.05, 0) is 38.9 Å². The molecule has 1 aliphatic rings. The van der Waals surface area contributed by atoms with Crippen LogP contribution in [0.4, 0.5) is 5.69 Å². The van der Waals surface area contributed by atoms with E-state index in [1.54, 1.807) is 19.1 Å². The molecule has 1 aliphatic carbocycles. The number of imide groups is 1. The minimum atomic E-state index is -0.709. The molecule has 0 heterocycles. The highest BCUT2D eigenvalue weighted by Crippen LogP contribution is 2.22. The molecule has 0 unspecified atom stereocenters. The fraction of sp³-hybridized carbons (Fsp3) is 0.556. The van der Waals surface area contributed by atoms with Gasteiger partial charge >= 0.3 is 0 Å². The van der Waals surface area contributed by atoms with Gasteiger partial charge in [0.05, 0.1) is 18.3 Å². The third-order valence-corrected chi connectivity index (χ3v) is 4.46. The van der Waals surface area contributed by atoms with Gasteiger partial charge in [0.15, 0.2) is 0 Å². The predicted octanol–water partition coefficient (Wildman–Crippen LogP) is 2.58. The van der Waals surface area contributed by atoms with Crippen LogP contribution in [0.1, 0.15) is 39.0 Å². The zero-order valence-electron chi connectivity index (χ0n) is 14.5. The first-order valence-electron chi connectivity index (χ1n) is 8.38. The lowest BCUT2D eigenvalue weighted by molar-refractivity contribution is -0.127. The SMILES string of the molecule is C[C@H](N)C(=O)N(C(=O)CN(C)C1CCCCC1)c1ccccc1.Cl. The monoisotopic (exact) mass is 353 g/mol. The van der Waals surface area contributed by atoms with Crippen molar-refractivity contribution in [3.05, 3.63) is 30.3 Å². The fourth-order valence-electron chi connectivity index (χ4n) is 3.11. The first kappa shape index (κ1) is 20.6. The molecule has 5 nitrogen and oxygen atoms in total. The molecule has 134 valence electrons. The number of amides is 2. The summed E-state index contributed by atoms with van der Waals surface area (Å²) in [5, 5.41) is 0. The predicted molar refractivity (Wildman–Crippen MR) is 99.3 cm³/mol. The summed E-state index contributed by atoms with van der Waals surface area (Å²) in [6.07, 6.45) is 5.94. The highest BCUT2D eigenvalue weighted by Gasteiger charge is 2.28. The average Bonchev–Trinajstić information content (AvgIpc) is 2.56. The molecule has 2 rings (SSSR count). The number of hydrogen-bond acceptors (Lipinski definition) is 4. The number of anilines is 1. The van der Waals surface area contributed by atoms with Gasteiger partial charge in [0.25, 0.3) is 0 Å².